The Hall–Kier alpha value is -1.74. The maximum Gasteiger partial charge on any atom is 0.268 e. The van der Waals surface area contributed by atoms with Gasteiger partial charge in [-0.05, 0) is 29.9 Å². The molecular formula is C16H17ClN2O. The second kappa shape index (κ2) is 5.33. The van der Waals surface area contributed by atoms with Crippen LogP contribution >= 0.6 is 11.6 Å². The fourth-order valence-corrected chi connectivity index (χ4v) is 2.79. The first-order valence-corrected chi connectivity index (χ1v) is 7.22. The number of amides is 1. The predicted molar refractivity (Wildman–Crippen MR) is 79.7 cm³/mol. The van der Waals surface area contributed by atoms with E-state index in [-0.39, 0.29) is 11.9 Å². The molecule has 2 N–H and O–H groups in total. The number of rotatable bonds is 4. The van der Waals surface area contributed by atoms with Crippen molar-refractivity contribution < 1.29 is 4.79 Å². The van der Waals surface area contributed by atoms with E-state index in [1.807, 2.05) is 18.2 Å². The average molecular weight is 289 g/mol. The highest BCUT2D eigenvalue weighted by Crippen LogP contribution is 2.46. The number of H-pyrrole nitrogens is 1. The molecule has 20 heavy (non-hydrogen) atoms. The highest BCUT2D eigenvalue weighted by molar-refractivity contribution is 6.30. The van der Waals surface area contributed by atoms with Crippen molar-refractivity contribution in [3.63, 3.8) is 0 Å². The number of carbonyl (C=O) groups is 1. The summed E-state index contributed by atoms with van der Waals surface area (Å²) in [7, 11) is 0. The van der Waals surface area contributed by atoms with E-state index in [1.54, 1.807) is 12.3 Å². The Balaban J connectivity index is 1.79. The molecule has 3 unspecified atom stereocenters. The van der Waals surface area contributed by atoms with Gasteiger partial charge in [-0.15, -0.1) is 0 Å². The normalized spacial score (nSPS) is 22.3. The molecule has 1 heterocycles. The molecule has 1 aromatic heterocycles. The number of carbonyl (C=O) groups excluding carboxylic acids is 1. The summed E-state index contributed by atoms with van der Waals surface area (Å²) < 4.78 is 0. The molecule has 0 radical (unpaired) electrons. The maximum atomic E-state index is 12.3. The van der Waals surface area contributed by atoms with E-state index in [9.17, 15) is 4.79 Å². The van der Waals surface area contributed by atoms with Gasteiger partial charge in [-0.2, -0.15) is 0 Å². The summed E-state index contributed by atoms with van der Waals surface area (Å²) in [6, 6.07) is 11.9. The number of hydrogen-bond donors (Lipinski definition) is 2. The second-order valence-electron chi connectivity index (χ2n) is 5.47. The molecule has 0 saturated heterocycles. The van der Waals surface area contributed by atoms with Crippen molar-refractivity contribution in [2.24, 2.45) is 11.8 Å². The lowest BCUT2D eigenvalue weighted by Crippen LogP contribution is -2.30. The molecule has 0 bridgehead atoms. The van der Waals surface area contributed by atoms with Gasteiger partial charge in [-0.1, -0.05) is 48.9 Å². The molecule has 1 aliphatic carbocycles. The van der Waals surface area contributed by atoms with E-state index in [2.05, 4.69) is 29.4 Å². The van der Waals surface area contributed by atoms with E-state index in [1.165, 1.54) is 0 Å². The average Bonchev–Trinajstić information content (AvgIpc) is 3.00. The molecule has 1 saturated carbocycles. The van der Waals surface area contributed by atoms with E-state index in [4.69, 9.17) is 11.6 Å². The summed E-state index contributed by atoms with van der Waals surface area (Å²) in [6.45, 7) is 2.22. The van der Waals surface area contributed by atoms with Gasteiger partial charge in [-0.25, -0.2) is 0 Å². The largest absolute Gasteiger partial charge is 0.356 e. The fourth-order valence-electron chi connectivity index (χ4n) is 2.63. The van der Waals surface area contributed by atoms with Crippen LogP contribution in [0.4, 0.5) is 0 Å². The van der Waals surface area contributed by atoms with E-state index < -0.39 is 0 Å². The minimum atomic E-state index is -0.107. The fraction of sp³-hybridized carbons (Fsp3) is 0.312. The number of benzene rings is 1. The van der Waals surface area contributed by atoms with E-state index in [0.29, 0.717) is 22.6 Å². The summed E-state index contributed by atoms with van der Waals surface area (Å²) in [5, 5.41) is 3.67. The van der Waals surface area contributed by atoms with Crippen LogP contribution < -0.4 is 5.32 Å². The van der Waals surface area contributed by atoms with Crippen molar-refractivity contribution in [1.29, 1.82) is 0 Å². The minimum Gasteiger partial charge on any atom is -0.356 e. The van der Waals surface area contributed by atoms with Gasteiger partial charge < -0.3 is 10.3 Å². The summed E-state index contributed by atoms with van der Waals surface area (Å²) in [5.74, 6) is 1.07. The van der Waals surface area contributed by atoms with Crippen molar-refractivity contribution >= 4 is 17.5 Å². The van der Waals surface area contributed by atoms with Crippen LogP contribution in [0.1, 0.15) is 35.4 Å². The summed E-state index contributed by atoms with van der Waals surface area (Å²) in [6.07, 6.45) is 2.78. The first-order valence-electron chi connectivity index (χ1n) is 6.85. The summed E-state index contributed by atoms with van der Waals surface area (Å²) >= 11 is 5.84. The van der Waals surface area contributed by atoms with Gasteiger partial charge in [0.2, 0.25) is 0 Å². The third kappa shape index (κ3) is 2.73. The maximum absolute atomic E-state index is 12.3. The first kappa shape index (κ1) is 13.3. The number of aromatic nitrogens is 1. The molecule has 4 heteroatoms. The van der Waals surface area contributed by atoms with Gasteiger partial charge in [0.1, 0.15) is 5.69 Å². The van der Waals surface area contributed by atoms with Crippen LogP contribution in [-0.2, 0) is 0 Å². The molecule has 0 spiro atoms. The number of aromatic amines is 1. The molecule has 1 amide bonds. The molecule has 1 aliphatic rings. The van der Waals surface area contributed by atoms with Crippen molar-refractivity contribution in [2.75, 3.05) is 0 Å². The van der Waals surface area contributed by atoms with Crippen LogP contribution in [0.15, 0.2) is 42.6 Å². The molecule has 0 aliphatic heterocycles. The van der Waals surface area contributed by atoms with Gasteiger partial charge in [-0.3, -0.25) is 4.79 Å². The standard InChI is InChI=1S/C16H17ClN2O/c1-10-7-13(10)15(11-5-3-2-4-6-11)19-16(20)14-8-12(17)9-18-14/h2-6,8-10,13,15,18H,7H2,1H3,(H,19,20). The van der Waals surface area contributed by atoms with Crippen molar-refractivity contribution in [3.8, 4) is 0 Å². The van der Waals surface area contributed by atoms with Crippen LogP contribution in [0.3, 0.4) is 0 Å². The van der Waals surface area contributed by atoms with Crippen LogP contribution in [-0.4, -0.2) is 10.9 Å². The van der Waals surface area contributed by atoms with Crippen LogP contribution in [0.5, 0.6) is 0 Å². The molecule has 3 atom stereocenters. The van der Waals surface area contributed by atoms with Crippen LogP contribution in [0.2, 0.25) is 5.02 Å². The monoisotopic (exact) mass is 288 g/mol. The molecule has 2 aromatic rings. The molecular weight excluding hydrogens is 272 g/mol. The highest BCUT2D eigenvalue weighted by Gasteiger charge is 2.41. The van der Waals surface area contributed by atoms with Gasteiger partial charge in [0.25, 0.3) is 5.91 Å². The quantitative estimate of drug-likeness (QED) is 0.883. The minimum absolute atomic E-state index is 0.0702. The lowest BCUT2D eigenvalue weighted by atomic mass is 10.0. The Kier molecular flexibility index (Phi) is 3.53. The summed E-state index contributed by atoms with van der Waals surface area (Å²) in [4.78, 5) is 15.2. The Morgan fingerprint density at radius 3 is 2.65 bits per heavy atom. The predicted octanol–water partition coefficient (Wildman–Crippen LogP) is 3.80. The molecule has 1 aromatic carbocycles. The van der Waals surface area contributed by atoms with Gasteiger partial charge in [0.05, 0.1) is 11.1 Å². The zero-order valence-electron chi connectivity index (χ0n) is 11.3. The first-order chi connectivity index (χ1) is 9.65. The Bertz CT molecular complexity index is 608. The Labute approximate surface area is 123 Å². The molecule has 104 valence electrons. The zero-order chi connectivity index (χ0) is 14.1. The second-order valence-corrected chi connectivity index (χ2v) is 5.91. The third-order valence-corrected chi connectivity index (χ3v) is 4.16. The van der Waals surface area contributed by atoms with Crippen LogP contribution in [0.25, 0.3) is 0 Å². The number of hydrogen-bond acceptors (Lipinski definition) is 1. The smallest absolute Gasteiger partial charge is 0.268 e. The van der Waals surface area contributed by atoms with Gasteiger partial charge >= 0.3 is 0 Å². The van der Waals surface area contributed by atoms with Gasteiger partial charge in [0.15, 0.2) is 0 Å². The van der Waals surface area contributed by atoms with Crippen molar-refractivity contribution in [1.82, 2.24) is 10.3 Å². The molecule has 3 nitrogen and oxygen atoms in total. The number of nitrogens with one attached hydrogen (secondary N) is 2. The van der Waals surface area contributed by atoms with Crippen molar-refractivity contribution in [2.45, 2.75) is 19.4 Å². The van der Waals surface area contributed by atoms with E-state index >= 15 is 0 Å². The molecule has 1 fully saturated rings. The Morgan fingerprint density at radius 2 is 2.10 bits per heavy atom. The van der Waals surface area contributed by atoms with Crippen molar-refractivity contribution in [3.05, 3.63) is 58.9 Å². The number of halogens is 1. The zero-order valence-corrected chi connectivity index (χ0v) is 12.0. The lowest BCUT2D eigenvalue weighted by Gasteiger charge is -2.19. The van der Waals surface area contributed by atoms with E-state index in [0.717, 1.165) is 12.0 Å². The van der Waals surface area contributed by atoms with Crippen LogP contribution in [0, 0.1) is 11.8 Å². The lowest BCUT2D eigenvalue weighted by molar-refractivity contribution is 0.0926. The van der Waals surface area contributed by atoms with Gasteiger partial charge in [0, 0.05) is 6.20 Å². The SMILES string of the molecule is CC1CC1C(NC(=O)c1cc(Cl)c[nH]1)c1ccccc1. The summed E-state index contributed by atoms with van der Waals surface area (Å²) in [5.41, 5.74) is 1.66. The topological polar surface area (TPSA) is 44.9 Å². The third-order valence-electron chi connectivity index (χ3n) is 3.94. The highest BCUT2D eigenvalue weighted by atomic mass is 35.5. The Morgan fingerprint density at radius 1 is 1.40 bits per heavy atom. The molecule has 3 rings (SSSR count).